The third kappa shape index (κ3) is 2.84. The van der Waals surface area contributed by atoms with Crippen molar-refractivity contribution >= 4 is 11.8 Å². The summed E-state index contributed by atoms with van der Waals surface area (Å²) >= 11 is 2.09. The second kappa shape index (κ2) is 5.95. The quantitative estimate of drug-likeness (QED) is 0.836. The van der Waals surface area contributed by atoms with Crippen LogP contribution < -0.4 is 5.32 Å². The molecule has 0 aromatic carbocycles. The van der Waals surface area contributed by atoms with Gasteiger partial charge in [-0.1, -0.05) is 19.8 Å². The first-order valence-corrected chi connectivity index (χ1v) is 9.41. The Bertz CT molecular complexity index is 293. The standard InChI is InChI=1S/C16H29NOS/c1-2-16(7-4-3-5-9-17-16)14-6-10-18-15(12-14)8-11-19-13-15/h14,17H,2-13H2,1H3. The lowest BCUT2D eigenvalue weighted by atomic mass is 9.70. The fourth-order valence-electron chi connectivity index (χ4n) is 4.47. The third-order valence-corrected chi connectivity index (χ3v) is 6.97. The zero-order valence-corrected chi connectivity index (χ0v) is 13.2. The molecule has 110 valence electrons. The van der Waals surface area contributed by atoms with Gasteiger partial charge in [0.15, 0.2) is 0 Å². The summed E-state index contributed by atoms with van der Waals surface area (Å²) in [6.45, 7) is 4.62. The zero-order valence-electron chi connectivity index (χ0n) is 12.4. The van der Waals surface area contributed by atoms with Crippen molar-refractivity contribution in [3.63, 3.8) is 0 Å². The molecule has 3 saturated heterocycles. The van der Waals surface area contributed by atoms with Crippen LogP contribution in [0.3, 0.4) is 0 Å². The number of thioether (sulfide) groups is 1. The normalized spacial score (nSPS) is 44.4. The van der Waals surface area contributed by atoms with Crippen molar-refractivity contribution in [1.29, 1.82) is 0 Å². The second-order valence-corrected chi connectivity index (χ2v) is 7.88. The van der Waals surface area contributed by atoms with Gasteiger partial charge in [0.2, 0.25) is 0 Å². The summed E-state index contributed by atoms with van der Waals surface area (Å²) in [6, 6.07) is 0. The predicted molar refractivity (Wildman–Crippen MR) is 82.8 cm³/mol. The molecule has 3 atom stereocenters. The van der Waals surface area contributed by atoms with E-state index in [1.807, 2.05) is 0 Å². The van der Waals surface area contributed by atoms with Gasteiger partial charge in [0, 0.05) is 17.9 Å². The molecule has 0 bridgehead atoms. The molecule has 0 saturated carbocycles. The Kier molecular flexibility index (Phi) is 4.45. The number of hydrogen-bond acceptors (Lipinski definition) is 3. The van der Waals surface area contributed by atoms with Crippen molar-refractivity contribution < 1.29 is 4.74 Å². The predicted octanol–water partition coefficient (Wildman–Crippen LogP) is 3.60. The van der Waals surface area contributed by atoms with E-state index in [9.17, 15) is 0 Å². The van der Waals surface area contributed by atoms with Crippen LogP contribution >= 0.6 is 11.8 Å². The van der Waals surface area contributed by atoms with E-state index < -0.39 is 0 Å². The van der Waals surface area contributed by atoms with Crippen LogP contribution in [-0.2, 0) is 4.74 Å². The van der Waals surface area contributed by atoms with Crippen molar-refractivity contribution in [1.82, 2.24) is 5.32 Å². The highest BCUT2D eigenvalue weighted by atomic mass is 32.2. The Morgan fingerprint density at radius 2 is 2.21 bits per heavy atom. The van der Waals surface area contributed by atoms with Crippen LogP contribution in [-0.4, -0.2) is 35.8 Å². The zero-order chi connectivity index (χ0) is 13.2. The molecular formula is C16H29NOS. The Labute approximate surface area is 122 Å². The maximum absolute atomic E-state index is 6.22. The van der Waals surface area contributed by atoms with Crippen molar-refractivity contribution in [3.8, 4) is 0 Å². The van der Waals surface area contributed by atoms with Crippen LogP contribution in [0.2, 0.25) is 0 Å². The summed E-state index contributed by atoms with van der Waals surface area (Å²) in [7, 11) is 0. The fraction of sp³-hybridized carbons (Fsp3) is 1.00. The molecule has 3 rings (SSSR count). The summed E-state index contributed by atoms with van der Waals surface area (Å²) in [5, 5.41) is 3.96. The third-order valence-electron chi connectivity index (χ3n) is 5.75. The summed E-state index contributed by atoms with van der Waals surface area (Å²) in [6.07, 6.45) is 10.7. The molecule has 1 spiro atoms. The van der Waals surface area contributed by atoms with Crippen LogP contribution in [0.1, 0.15) is 58.3 Å². The van der Waals surface area contributed by atoms with Crippen LogP contribution in [0.5, 0.6) is 0 Å². The molecule has 3 fully saturated rings. The summed E-state index contributed by atoms with van der Waals surface area (Å²) < 4.78 is 6.22. The van der Waals surface area contributed by atoms with Gasteiger partial charge >= 0.3 is 0 Å². The topological polar surface area (TPSA) is 21.3 Å². The lowest BCUT2D eigenvalue weighted by molar-refractivity contribution is -0.0972. The lowest BCUT2D eigenvalue weighted by Crippen LogP contribution is -2.55. The first kappa shape index (κ1) is 14.2. The number of nitrogens with one attached hydrogen (secondary N) is 1. The van der Waals surface area contributed by atoms with Gasteiger partial charge in [0.05, 0.1) is 5.60 Å². The van der Waals surface area contributed by atoms with Gasteiger partial charge in [-0.15, -0.1) is 0 Å². The summed E-state index contributed by atoms with van der Waals surface area (Å²) in [5.74, 6) is 3.38. The Morgan fingerprint density at radius 1 is 1.26 bits per heavy atom. The monoisotopic (exact) mass is 283 g/mol. The average Bonchev–Trinajstić information content (AvgIpc) is 2.76. The van der Waals surface area contributed by atoms with Crippen molar-refractivity contribution in [2.45, 2.75) is 69.4 Å². The fourth-order valence-corrected chi connectivity index (χ4v) is 5.85. The van der Waals surface area contributed by atoms with Crippen LogP contribution in [0.25, 0.3) is 0 Å². The molecular weight excluding hydrogens is 254 g/mol. The van der Waals surface area contributed by atoms with Crippen molar-refractivity contribution in [2.24, 2.45) is 5.92 Å². The van der Waals surface area contributed by atoms with E-state index >= 15 is 0 Å². The molecule has 3 heteroatoms. The van der Waals surface area contributed by atoms with E-state index in [4.69, 9.17) is 4.74 Å². The average molecular weight is 283 g/mol. The minimum Gasteiger partial charge on any atom is -0.374 e. The van der Waals surface area contributed by atoms with Crippen molar-refractivity contribution in [2.75, 3.05) is 24.7 Å². The largest absolute Gasteiger partial charge is 0.374 e. The van der Waals surface area contributed by atoms with Crippen LogP contribution in [0.4, 0.5) is 0 Å². The van der Waals surface area contributed by atoms with Gasteiger partial charge < -0.3 is 10.1 Å². The van der Waals surface area contributed by atoms with Crippen molar-refractivity contribution in [3.05, 3.63) is 0 Å². The van der Waals surface area contributed by atoms with Gasteiger partial charge in [-0.05, 0) is 56.7 Å². The molecule has 3 aliphatic rings. The number of ether oxygens (including phenoxy) is 1. The number of hydrogen-bond donors (Lipinski definition) is 1. The van der Waals surface area contributed by atoms with Gasteiger partial charge in [-0.2, -0.15) is 11.8 Å². The molecule has 1 N–H and O–H groups in total. The molecule has 0 aromatic rings. The van der Waals surface area contributed by atoms with E-state index in [0.29, 0.717) is 5.54 Å². The maximum Gasteiger partial charge on any atom is 0.0783 e. The molecule has 3 unspecified atom stereocenters. The van der Waals surface area contributed by atoms with E-state index in [-0.39, 0.29) is 5.60 Å². The Hall–Kier alpha value is 0.270. The smallest absolute Gasteiger partial charge is 0.0783 e. The highest BCUT2D eigenvalue weighted by molar-refractivity contribution is 7.99. The molecule has 0 aromatic heterocycles. The molecule has 3 heterocycles. The van der Waals surface area contributed by atoms with Crippen LogP contribution in [0, 0.1) is 5.92 Å². The lowest BCUT2D eigenvalue weighted by Gasteiger charge is -2.48. The van der Waals surface area contributed by atoms with Gasteiger partial charge in [0.25, 0.3) is 0 Å². The molecule has 0 radical (unpaired) electrons. The van der Waals surface area contributed by atoms with E-state index in [0.717, 1.165) is 12.5 Å². The van der Waals surface area contributed by atoms with E-state index in [1.165, 1.54) is 69.4 Å². The highest BCUT2D eigenvalue weighted by Gasteiger charge is 2.47. The first-order valence-electron chi connectivity index (χ1n) is 8.25. The second-order valence-electron chi connectivity index (χ2n) is 6.77. The Balaban J connectivity index is 1.74. The van der Waals surface area contributed by atoms with Gasteiger partial charge in [-0.25, -0.2) is 0 Å². The minimum atomic E-state index is 0.240. The Morgan fingerprint density at radius 3 is 3.00 bits per heavy atom. The van der Waals surface area contributed by atoms with Gasteiger partial charge in [0.1, 0.15) is 0 Å². The van der Waals surface area contributed by atoms with Crippen LogP contribution in [0.15, 0.2) is 0 Å². The summed E-state index contributed by atoms with van der Waals surface area (Å²) in [4.78, 5) is 0. The van der Waals surface area contributed by atoms with Gasteiger partial charge in [-0.3, -0.25) is 0 Å². The maximum atomic E-state index is 6.22. The van der Waals surface area contributed by atoms with E-state index in [2.05, 4.69) is 24.0 Å². The molecule has 0 aliphatic carbocycles. The number of rotatable bonds is 2. The molecule has 0 amide bonds. The van der Waals surface area contributed by atoms with E-state index in [1.54, 1.807) is 0 Å². The molecule has 3 aliphatic heterocycles. The minimum absolute atomic E-state index is 0.240. The molecule has 19 heavy (non-hydrogen) atoms. The molecule has 2 nitrogen and oxygen atoms in total. The SMILES string of the molecule is CCC1(C2CCOC3(CCSC3)C2)CCCCCN1. The highest BCUT2D eigenvalue weighted by Crippen LogP contribution is 2.45. The summed E-state index contributed by atoms with van der Waals surface area (Å²) in [5.41, 5.74) is 0.657. The first-order chi connectivity index (χ1) is 9.29.